The number of nitrogens with one attached hydrogen (secondary N) is 1. The molecule has 0 spiro atoms. The van der Waals surface area contributed by atoms with E-state index in [2.05, 4.69) is 34.5 Å². The van der Waals surface area contributed by atoms with Crippen LogP contribution in [0.4, 0.5) is 0 Å². The Kier molecular flexibility index (Phi) is 6.33. The Bertz CT molecular complexity index is 928. The number of carbonyl (C=O) groups is 1. The van der Waals surface area contributed by atoms with Crippen molar-refractivity contribution in [2.75, 3.05) is 13.1 Å². The molecule has 1 N–H and O–H groups in total. The highest BCUT2D eigenvalue weighted by Crippen LogP contribution is 2.17. The molecule has 29 heavy (non-hydrogen) atoms. The van der Waals surface area contributed by atoms with Crippen LogP contribution in [0.25, 0.3) is 0 Å². The van der Waals surface area contributed by atoms with Crippen LogP contribution in [-0.2, 0) is 13.1 Å². The largest absolute Gasteiger partial charge is 0.348 e. The van der Waals surface area contributed by atoms with Crippen LogP contribution < -0.4 is 5.32 Å². The lowest BCUT2D eigenvalue weighted by Gasteiger charge is -2.32. The molecular formula is C24H26ClN3O. The Morgan fingerprint density at radius 3 is 2.31 bits per heavy atom. The van der Waals surface area contributed by atoms with Crippen molar-refractivity contribution in [1.29, 1.82) is 0 Å². The summed E-state index contributed by atoms with van der Waals surface area (Å²) in [4.78, 5) is 15.3. The van der Waals surface area contributed by atoms with E-state index in [1.807, 2.05) is 53.2 Å². The summed E-state index contributed by atoms with van der Waals surface area (Å²) in [7, 11) is 0. The fourth-order valence-electron chi connectivity index (χ4n) is 3.88. The van der Waals surface area contributed by atoms with Gasteiger partial charge in [0, 0.05) is 43.4 Å². The maximum atomic E-state index is 12.8. The van der Waals surface area contributed by atoms with Gasteiger partial charge in [0.2, 0.25) is 0 Å². The van der Waals surface area contributed by atoms with E-state index in [4.69, 9.17) is 11.6 Å². The quantitative estimate of drug-likeness (QED) is 0.649. The zero-order chi connectivity index (χ0) is 20.1. The molecule has 0 bridgehead atoms. The van der Waals surface area contributed by atoms with Gasteiger partial charge in [0.15, 0.2) is 0 Å². The van der Waals surface area contributed by atoms with Crippen LogP contribution >= 0.6 is 11.6 Å². The van der Waals surface area contributed by atoms with Gasteiger partial charge in [0.1, 0.15) is 5.69 Å². The zero-order valence-electron chi connectivity index (χ0n) is 16.4. The molecule has 1 amide bonds. The molecule has 4 nitrogen and oxygen atoms in total. The van der Waals surface area contributed by atoms with Crippen molar-refractivity contribution in [2.45, 2.75) is 32.0 Å². The van der Waals surface area contributed by atoms with E-state index < -0.39 is 0 Å². The van der Waals surface area contributed by atoms with Crippen LogP contribution in [0.15, 0.2) is 72.9 Å². The van der Waals surface area contributed by atoms with E-state index in [1.165, 1.54) is 11.1 Å². The molecule has 0 unspecified atom stereocenters. The van der Waals surface area contributed by atoms with Gasteiger partial charge in [-0.25, -0.2) is 0 Å². The molecule has 0 saturated carbocycles. The van der Waals surface area contributed by atoms with Gasteiger partial charge >= 0.3 is 0 Å². The van der Waals surface area contributed by atoms with Crippen molar-refractivity contribution in [3.63, 3.8) is 0 Å². The summed E-state index contributed by atoms with van der Waals surface area (Å²) in [6, 6.07) is 22.3. The van der Waals surface area contributed by atoms with Crippen molar-refractivity contribution < 1.29 is 4.79 Å². The minimum atomic E-state index is 0.0158. The highest BCUT2D eigenvalue weighted by Gasteiger charge is 2.22. The number of benzene rings is 2. The van der Waals surface area contributed by atoms with Crippen LogP contribution in [0.2, 0.25) is 5.02 Å². The number of hydrogen-bond donors (Lipinski definition) is 1. The number of nitrogens with zero attached hydrogens (tertiary/aromatic N) is 2. The average Bonchev–Trinajstić information content (AvgIpc) is 3.20. The normalized spacial score (nSPS) is 15.3. The van der Waals surface area contributed by atoms with Crippen molar-refractivity contribution in [1.82, 2.24) is 14.8 Å². The maximum Gasteiger partial charge on any atom is 0.268 e. The van der Waals surface area contributed by atoms with Crippen molar-refractivity contribution in [2.24, 2.45) is 0 Å². The molecule has 1 fully saturated rings. The minimum Gasteiger partial charge on any atom is -0.348 e. The first-order valence-corrected chi connectivity index (χ1v) is 10.5. The Hall–Kier alpha value is -2.56. The fraction of sp³-hybridized carbons (Fsp3) is 0.292. The highest BCUT2D eigenvalue weighted by atomic mass is 35.5. The molecule has 0 aliphatic carbocycles. The Labute approximate surface area is 177 Å². The van der Waals surface area contributed by atoms with E-state index in [9.17, 15) is 4.79 Å². The second-order valence-electron chi connectivity index (χ2n) is 7.66. The smallest absolute Gasteiger partial charge is 0.268 e. The molecule has 150 valence electrons. The Balaban J connectivity index is 1.29. The molecule has 1 saturated heterocycles. The molecule has 5 heteroatoms. The summed E-state index contributed by atoms with van der Waals surface area (Å²) in [5.74, 6) is 0.0158. The Morgan fingerprint density at radius 1 is 0.897 bits per heavy atom. The zero-order valence-corrected chi connectivity index (χ0v) is 17.2. The predicted octanol–water partition coefficient (Wildman–Crippen LogP) is 4.58. The van der Waals surface area contributed by atoms with Crippen molar-refractivity contribution in [3.8, 4) is 0 Å². The number of rotatable bonds is 6. The summed E-state index contributed by atoms with van der Waals surface area (Å²) < 4.78 is 2.01. The molecule has 1 aliphatic rings. The number of aromatic nitrogens is 1. The number of amides is 1. The van der Waals surface area contributed by atoms with Crippen molar-refractivity contribution >= 4 is 17.5 Å². The van der Waals surface area contributed by atoms with Crippen molar-refractivity contribution in [3.05, 3.63) is 94.8 Å². The second-order valence-corrected chi connectivity index (χ2v) is 8.09. The number of halogens is 1. The lowest BCUT2D eigenvalue weighted by Crippen LogP contribution is -2.44. The van der Waals surface area contributed by atoms with Crippen LogP contribution in [0, 0.1) is 0 Å². The number of hydrogen-bond acceptors (Lipinski definition) is 2. The number of likely N-dealkylation sites (tertiary alicyclic amines) is 1. The van der Waals surface area contributed by atoms with E-state index >= 15 is 0 Å². The SMILES string of the molecule is O=C(NC1CCN(Cc2ccc(Cl)cc2)CC1)c1cccn1Cc1ccccc1. The lowest BCUT2D eigenvalue weighted by molar-refractivity contribution is 0.0900. The van der Waals surface area contributed by atoms with E-state index in [0.29, 0.717) is 6.54 Å². The van der Waals surface area contributed by atoms with Gasteiger partial charge in [-0.05, 0) is 48.2 Å². The first-order chi connectivity index (χ1) is 14.2. The first kappa shape index (κ1) is 19.7. The van der Waals surface area contributed by atoms with Gasteiger partial charge < -0.3 is 9.88 Å². The third-order valence-electron chi connectivity index (χ3n) is 5.50. The molecular weight excluding hydrogens is 382 g/mol. The molecule has 2 aromatic carbocycles. The maximum absolute atomic E-state index is 12.8. The lowest BCUT2D eigenvalue weighted by atomic mass is 10.0. The molecule has 0 radical (unpaired) electrons. The van der Waals surface area contributed by atoms with Gasteiger partial charge in [-0.2, -0.15) is 0 Å². The topological polar surface area (TPSA) is 37.3 Å². The van der Waals surface area contributed by atoms with Crippen LogP contribution in [-0.4, -0.2) is 34.5 Å². The summed E-state index contributed by atoms with van der Waals surface area (Å²) >= 11 is 5.97. The first-order valence-electron chi connectivity index (χ1n) is 10.1. The minimum absolute atomic E-state index is 0.0158. The molecule has 0 atom stereocenters. The molecule has 1 aliphatic heterocycles. The van der Waals surface area contributed by atoms with Gasteiger partial charge in [0.05, 0.1) is 0 Å². The standard InChI is InChI=1S/C24H26ClN3O/c25-21-10-8-20(9-11-21)17-27-15-12-22(13-16-27)26-24(29)23-7-4-14-28(23)18-19-5-2-1-3-6-19/h1-11,14,22H,12-13,15-18H2,(H,26,29). The fourth-order valence-corrected chi connectivity index (χ4v) is 4.01. The van der Waals surface area contributed by atoms with E-state index in [0.717, 1.165) is 43.2 Å². The van der Waals surface area contributed by atoms with E-state index in [1.54, 1.807) is 0 Å². The average molecular weight is 408 g/mol. The monoisotopic (exact) mass is 407 g/mol. The van der Waals surface area contributed by atoms with Gasteiger partial charge in [0.25, 0.3) is 5.91 Å². The summed E-state index contributed by atoms with van der Waals surface area (Å²) in [6.45, 7) is 3.60. The number of piperidine rings is 1. The summed E-state index contributed by atoms with van der Waals surface area (Å²) in [5.41, 5.74) is 3.18. The third-order valence-corrected chi connectivity index (χ3v) is 5.75. The summed E-state index contributed by atoms with van der Waals surface area (Å²) in [5, 5.41) is 4.01. The van der Waals surface area contributed by atoms with Gasteiger partial charge in [-0.3, -0.25) is 9.69 Å². The molecule has 3 aromatic rings. The number of carbonyl (C=O) groups excluding carboxylic acids is 1. The molecule has 4 rings (SSSR count). The van der Waals surface area contributed by atoms with Crippen LogP contribution in [0.3, 0.4) is 0 Å². The third kappa shape index (κ3) is 5.28. The van der Waals surface area contributed by atoms with Gasteiger partial charge in [-0.1, -0.05) is 54.1 Å². The summed E-state index contributed by atoms with van der Waals surface area (Å²) in [6.07, 6.45) is 3.91. The second kappa shape index (κ2) is 9.29. The highest BCUT2D eigenvalue weighted by molar-refractivity contribution is 6.30. The van der Waals surface area contributed by atoms with Crippen LogP contribution in [0.5, 0.6) is 0 Å². The van der Waals surface area contributed by atoms with Gasteiger partial charge in [-0.15, -0.1) is 0 Å². The van der Waals surface area contributed by atoms with E-state index in [-0.39, 0.29) is 11.9 Å². The Morgan fingerprint density at radius 2 is 1.59 bits per heavy atom. The molecule has 1 aromatic heterocycles. The predicted molar refractivity (Wildman–Crippen MR) is 117 cm³/mol. The van der Waals surface area contributed by atoms with Crippen LogP contribution in [0.1, 0.15) is 34.5 Å². The molecule has 2 heterocycles.